The standard InChI is InChI=1S/C26H36N4O/c1-26(12-16-29(17-13-26)19-21-8-5-4-6-9-21)25(31)30-15-7-10-23(20-30)22-11-14-27-24(18-22)28(2)3/h4-6,8-9,11,14,18,23H,7,10,12-13,15-17,19-20H2,1-3H3/t23-/m0/s1. The highest BCUT2D eigenvalue weighted by Crippen LogP contribution is 2.36. The third kappa shape index (κ3) is 5.09. The first-order valence-corrected chi connectivity index (χ1v) is 11.6. The summed E-state index contributed by atoms with van der Waals surface area (Å²) >= 11 is 0. The predicted molar refractivity (Wildman–Crippen MR) is 126 cm³/mol. The lowest BCUT2D eigenvalue weighted by Gasteiger charge is -2.43. The predicted octanol–water partition coefficient (Wildman–Crippen LogP) is 4.16. The summed E-state index contributed by atoms with van der Waals surface area (Å²) in [4.78, 5) is 24.7. The van der Waals surface area contributed by atoms with E-state index in [1.807, 2.05) is 25.2 Å². The molecule has 2 aliphatic rings. The molecule has 1 aromatic heterocycles. The molecule has 0 radical (unpaired) electrons. The molecule has 31 heavy (non-hydrogen) atoms. The van der Waals surface area contributed by atoms with Crippen molar-refractivity contribution in [2.24, 2.45) is 5.41 Å². The fourth-order valence-corrected chi connectivity index (χ4v) is 5.01. The van der Waals surface area contributed by atoms with Gasteiger partial charge in [0.25, 0.3) is 0 Å². The molecule has 1 aromatic carbocycles. The highest BCUT2D eigenvalue weighted by Gasteiger charge is 2.40. The zero-order chi connectivity index (χ0) is 21.8. The van der Waals surface area contributed by atoms with Crippen molar-refractivity contribution in [3.63, 3.8) is 0 Å². The first-order valence-electron chi connectivity index (χ1n) is 11.6. The number of rotatable bonds is 5. The summed E-state index contributed by atoms with van der Waals surface area (Å²) in [7, 11) is 4.04. The van der Waals surface area contributed by atoms with E-state index in [4.69, 9.17) is 0 Å². The van der Waals surface area contributed by atoms with Gasteiger partial charge in [-0.05, 0) is 62.0 Å². The van der Waals surface area contributed by atoms with E-state index in [2.05, 4.69) is 64.2 Å². The average molecular weight is 421 g/mol. The van der Waals surface area contributed by atoms with Gasteiger partial charge < -0.3 is 9.80 Å². The summed E-state index contributed by atoms with van der Waals surface area (Å²) in [6.45, 7) is 6.88. The lowest BCUT2D eigenvalue weighted by Crippen LogP contribution is -2.50. The Morgan fingerprint density at radius 1 is 1.13 bits per heavy atom. The minimum absolute atomic E-state index is 0.234. The molecule has 0 saturated carbocycles. The smallest absolute Gasteiger partial charge is 0.228 e. The van der Waals surface area contributed by atoms with Gasteiger partial charge in [-0.1, -0.05) is 37.3 Å². The number of amides is 1. The molecule has 2 saturated heterocycles. The first kappa shape index (κ1) is 21.8. The summed E-state index contributed by atoms with van der Waals surface area (Å²) in [5.41, 5.74) is 2.42. The Morgan fingerprint density at radius 2 is 1.87 bits per heavy atom. The van der Waals surface area contributed by atoms with Crippen molar-refractivity contribution in [2.45, 2.75) is 45.1 Å². The molecule has 166 valence electrons. The van der Waals surface area contributed by atoms with Crippen LogP contribution in [-0.2, 0) is 11.3 Å². The number of likely N-dealkylation sites (tertiary alicyclic amines) is 2. The van der Waals surface area contributed by atoms with Gasteiger partial charge in [0.1, 0.15) is 5.82 Å². The van der Waals surface area contributed by atoms with Gasteiger partial charge in [0.15, 0.2) is 0 Å². The average Bonchev–Trinajstić information content (AvgIpc) is 2.81. The molecule has 2 fully saturated rings. The van der Waals surface area contributed by atoms with Crippen LogP contribution < -0.4 is 4.90 Å². The summed E-state index contributed by atoms with van der Waals surface area (Å²) in [6, 6.07) is 14.9. The number of piperidine rings is 2. The van der Waals surface area contributed by atoms with Crippen LogP contribution in [-0.4, -0.2) is 61.0 Å². The largest absolute Gasteiger partial charge is 0.363 e. The van der Waals surface area contributed by atoms with Crippen molar-refractivity contribution >= 4 is 11.7 Å². The van der Waals surface area contributed by atoms with Crippen molar-refractivity contribution in [2.75, 3.05) is 45.2 Å². The van der Waals surface area contributed by atoms with Crippen LogP contribution in [0.15, 0.2) is 48.7 Å². The van der Waals surface area contributed by atoms with E-state index in [0.717, 1.165) is 64.2 Å². The molecule has 3 heterocycles. The summed E-state index contributed by atoms with van der Waals surface area (Å²) in [5, 5.41) is 0. The fraction of sp³-hybridized carbons (Fsp3) is 0.538. The molecule has 2 aliphatic heterocycles. The van der Waals surface area contributed by atoms with Crippen LogP contribution in [0, 0.1) is 5.41 Å². The van der Waals surface area contributed by atoms with Gasteiger partial charge >= 0.3 is 0 Å². The highest BCUT2D eigenvalue weighted by atomic mass is 16.2. The van der Waals surface area contributed by atoms with E-state index in [0.29, 0.717) is 11.8 Å². The van der Waals surface area contributed by atoms with Gasteiger partial charge in [0.05, 0.1) is 0 Å². The normalized spacial score (nSPS) is 21.6. The van der Waals surface area contributed by atoms with Crippen molar-refractivity contribution < 1.29 is 4.79 Å². The molecule has 5 heteroatoms. The van der Waals surface area contributed by atoms with Gasteiger partial charge in [-0.3, -0.25) is 9.69 Å². The number of nitrogens with zero attached hydrogens (tertiary/aromatic N) is 4. The van der Waals surface area contributed by atoms with Crippen molar-refractivity contribution in [1.29, 1.82) is 0 Å². The van der Waals surface area contributed by atoms with E-state index in [1.54, 1.807) is 0 Å². The van der Waals surface area contributed by atoms with Crippen LogP contribution in [0.5, 0.6) is 0 Å². The number of carbonyl (C=O) groups excluding carboxylic acids is 1. The quantitative estimate of drug-likeness (QED) is 0.728. The molecular weight excluding hydrogens is 384 g/mol. The van der Waals surface area contributed by atoms with E-state index in [-0.39, 0.29) is 5.41 Å². The fourth-order valence-electron chi connectivity index (χ4n) is 5.01. The number of carbonyl (C=O) groups is 1. The molecule has 0 spiro atoms. The highest BCUT2D eigenvalue weighted by molar-refractivity contribution is 5.82. The van der Waals surface area contributed by atoms with Crippen molar-refractivity contribution in [1.82, 2.24) is 14.8 Å². The van der Waals surface area contributed by atoms with Gasteiger partial charge in [-0.2, -0.15) is 0 Å². The molecule has 1 atom stereocenters. The number of hydrogen-bond acceptors (Lipinski definition) is 4. The number of aromatic nitrogens is 1. The van der Waals surface area contributed by atoms with Gasteiger partial charge in [0.2, 0.25) is 5.91 Å². The van der Waals surface area contributed by atoms with E-state index >= 15 is 0 Å². The van der Waals surface area contributed by atoms with Crippen LogP contribution in [0.2, 0.25) is 0 Å². The lowest BCUT2D eigenvalue weighted by molar-refractivity contribution is -0.145. The Morgan fingerprint density at radius 3 is 2.58 bits per heavy atom. The molecule has 0 N–H and O–H groups in total. The Kier molecular flexibility index (Phi) is 6.61. The number of hydrogen-bond donors (Lipinski definition) is 0. The van der Waals surface area contributed by atoms with Crippen LogP contribution in [0.4, 0.5) is 5.82 Å². The van der Waals surface area contributed by atoms with Crippen LogP contribution in [0.1, 0.15) is 49.7 Å². The van der Waals surface area contributed by atoms with Crippen molar-refractivity contribution in [3.8, 4) is 0 Å². The maximum Gasteiger partial charge on any atom is 0.228 e. The minimum atomic E-state index is -0.234. The van der Waals surface area contributed by atoms with Gasteiger partial charge in [0, 0.05) is 51.3 Å². The Bertz CT molecular complexity index is 874. The Balaban J connectivity index is 1.37. The second kappa shape index (κ2) is 9.39. The topological polar surface area (TPSA) is 39.7 Å². The second-order valence-corrected chi connectivity index (χ2v) is 9.75. The molecule has 5 nitrogen and oxygen atoms in total. The third-order valence-corrected chi connectivity index (χ3v) is 7.13. The molecule has 0 bridgehead atoms. The van der Waals surface area contributed by atoms with Crippen LogP contribution in [0.25, 0.3) is 0 Å². The monoisotopic (exact) mass is 420 g/mol. The van der Waals surface area contributed by atoms with E-state index in [1.165, 1.54) is 11.1 Å². The van der Waals surface area contributed by atoms with E-state index < -0.39 is 0 Å². The number of benzene rings is 1. The number of anilines is 1. The van der Waals surface area contributed by atoms with Gasteiger partial charge in [-0.15, -0.1) is 0 Å². The lowest BCUT2D eigenvalue weighted by atomic mass is 9.78. The maximum absolute atomic E-state index is 13.6. The molecule has 0 unspecified atom stereocenters. The Hall–Kier alpha value is -2.40. The minimum Gasteiger partial charge on any atom is -0.363 e. The summed E-state index contributed by atoms with van der Waals surface area (Å²) in [6.07, 6.45) is 6.00. The molecular formula is C26H36N4O. The first-order chi connectivity index (χ1) is 14.9. The molecule has 4 rings (SSSR count). The summed E-state index contributed by atoms with van der Waals surface area (Å²) in [5.74, 6) is 1.75. The molecule has 1 amide bonds. The van der Waals surface area contributed by atoms with Crippen molar-refractivity contribution in [3.05, 3.63) is 59.8 Å². The zero-order valence-corrected chi connectivity index (χ0v) is 19.3. The molecule has 0 aliphatic carbocycles. The summed E-state index contributed by atoms with van der Waals surface area (Å²) < 4.78 is 0. The third-order valence-electron chi connectivity index (χ3n) is 7.13. The van der Waals surface area contributed by atoms with Crippen LogP contribution >= 0.6 is 0 Å². The zero-order valence-electron chi connectivity index (χ0n) is 19.3. The molecule has 2 aromatic rings. The Labute approximate surface area is 187 Å². The maximum atomic E-state index is 13.6. The van der Waals surface area contributed by atoms with E-state index in [9.17, 15) is 4.79 Å². The van der Waals surface area contributed by atoms with Gasteiger partial charge in [-0.25, -0.2) is 4.98 Å². The number of pyridine rings is 1. The second-order valence-electron chi connectivity index (χ2n) is 9.75. The SMILES string of the molecule is CN(C)c1cc([C@H]2CCCN(C(=O)C3(C)CCN(Cc4ccccc4)CC3)C2)ccn1. The van der Waals surface area contributed by atoms with Crippen LogP contribution in [0.3, 0.4) is 0 Å².